The predicted molar refractivity (Wildman–Crippen MR) is 89.2 cm³/mol. The zero-order chi connectivity index (χ0) is 14.4. The highest BCUT2D eigenvalue weighted by Gasteiger charge is 2.19. The minimum Gasteiger partial charge on any atom is -0.383 e. The first-order chi connectivity index (χ1) is 9.70. The van der Waals surface area contributed by atoms with Gasteiger partial charge in [0, 0.05) is 55.0 Å². The first-order valence-corrected chi connectivity index (χ1v) is 8.48. The topological polar surface area (TPSA) is 24.5 Å². The molecule has 3 nitrogen and oxygen atoms in total. The van der Waals surface area contributed by atoms with Gasteiger partial charge in [-0.15, -0.1) is 0 Å². The lowest BCUT2D eigenvalue weighted by atomic mass is 10.1. The number of methoxy groups -OCH3 is 1. The highest BCUT2D eigenvalue weighted by atomic mass is 35.5. The van der Waals surface area contributed by atoms with Gasteiger partial charge in [-0.05, 0) is 17.7 Å². The number of halogens is 1. The van der Waals surface area contributed by atoms with E-state index in [1.165, 1.54) is 17.0 Å². The summed E-state index contributed by atoms with van der Waals surface area (Å²) in [6, 6.07) is 6.20. The lowest BCUT2D eigenvalue weighted by Gasteiger charge is -2.34. The average Bonchev–Trinajstić information content (AvgIpc) is 2.45. The molecule has 0 radical (unpaired) electrons. The smallest absolute Gasteiger partial charge is 0.0587 e. The zero-order valence-electron chi connectivity index (χ0n) is 12.2. The number of rotatable bonds is 6. The quantitative estimate of drug-likeness (QED) is 0.816. The highest BCUT2D eigenvalue weighted by Crippen LogP contribution is 2.29. The summed E-state index contributed by atoms with van der Waals surface area (Å²) in [4.78, 5) is 2.46. The number of benzene rings is 1. The van der Waals surface area contributed by atoms with E-state index in [1.54, 1.807) is 7.11 Å². The molecule has 1 aromatic rings. The van der Waals surface area contributed by atoms with Gasteiger partial charge in [-0.3, -0.25) is 0 Å². The van der Waals surface area contributed by atoms with Gasteiger partial charge in [-0.2, -0.15) is 11.8 Å². The molecule has 0 aromatic heterocycles. The number of thioether (sulfide) groups is 1. The summed E-state index contributed by atoms with van der Waals surface area (Å²) in [6.45, 7) is 6.94. The number of nitrogens with zero attached hydrogens (tertiary/aromatic N) is 1. The number of anilines is 1. The minimum absolute atomic E-state index is 0.678. The molecular weight excluding hydrogens is 292 g/mol. The number of nitrogens with one attached hydrogen (secondary N) is 1. The Balaban J connectivity index is 2.06. The molecule has 5 heteroatoms. The van der Waals surface area contributed by atoms with Gasteiger partial charge in [0.2, 0.25) is 0 Å². The van der Waals surface area contributed by atoms with Crippen molar-refractivity contribution in [2.75, 3.05) is 44.0 Å². The summed E-state index contributed by atoms with van der Waals surface area (Å²) >= 11 is 8.23. The first-order valence-electron chi connectivity index (χ1n) is 7.05. The third-order valence-electron chi connectivity index (χ3n) is 3.43. The molecule has 0 aliphatic carbocycles. The molecule has 1 saturated heterocycles. The summed E-state index contributed by atoms with van der Waals surface area (Å²) in [5.74, 6) is 1.18. The third kappa shape index (κ3) is 4.55. The van der Waals surface area contributed by atoms with Gasteiger partial charge in [-0.25, -0.2) is 0 Å². The summed E-state index contributed by atoms with van der Waals surface area (Å²) in [6.07, 6.45) is 0. The van der Waals surface area contributed by atoms with Crippen LogP contribution in [0.4, 0.5) is 5.69 Å². The van der Waals surface area contributed by atoms with Crippen LogP contribution in [0.2, 0.25) is 5.02 Å². The summed E-state index contributed by atoms with van der Waals surface area (Å²) in [5.41, 5.74) is 2.58. The first kappa shape index (κ1) is 16.0. The van der Waals surface area contributed by atoms with Crippen LogP contribution in [-0.2, 0) is 11.3 Å². The van der Waals surface area contributed by atoms with E-state index in [2.05, 4.69) is 29.3 Å². The second-order valence-corrected chi connectivity index (χ2v) is 7.05. The van der Waals surface area contributed by atoms with Gasteiger partial charge in [0.05, 0.1) is 6.61 Å². The Morgan fingerprint density at radius 3 is 3.10 bits per heavy atom. The van der Waals surface area contributed by atoms with E-state index >= 15 is 0 Å². The molecule has 1 fully saturated rings. The van der Waals surface area contributed by atoms with E-state index in [0.29, 0.717) is 5.25 Å². The molecule has 0 bridgehead atoms. The van der Waals surface area contributed by atoms with Crippen LogP contribution >= 0.6 is 23.4 Å². The van der Waals surface area contributed by atoms with Gasteiger partial charge in [-0.1, -0.05) is 24.6 Å². The fourth-order valence-electron chi connectivity index (χ4n) is 2.42. The van der Waals surface area contributed by atoms with Crippen molar-refractivity contribution < 1.29 is 4.74 Å². The van der Waals surface area contributed by atoms with Crippen molar-refractivity contribution in [3.63, 3.8) is 0 Å². The van der Waals surface area contributed by atoms with Crippen LogP contribution in [0.5, 0.6) is 0 Å². The molecular formula is C15H23ClN2OS. The second kappa shape index (κ2) is 8.13. The van der Waals surface area contributed by atoms with E-state index in [1.807, 2.05) is 17.8 Å². The number of hydrogen-bond donors (Lipinski definition) is 1. The Hall–Kier alpha value is -0.420. The van der Waals surface area contributed by atoms with Crippen molar-refractivity contribution in [3.05, 3.63) is 28.8 Å². The molecule has 1 heterocycles. The largest absolute Gasteiger partial charge is 0.383 e. The molecule has 0 spiro atoms. The summed E-state index contributed by atoms with van der Waals surface area (Å²) in [5, 5.41) is 4.90. The maximum atomic E-state index is 6.18. The van der Waals surface area contributed by atoms with E-state index < -0.39 is 0 Å². The monoisotopic (exact) mass is 314 g/mol. The van der Waals surface area contributed by atoms with Crippen molar-refractivity contribution in [2.24, 2.45) is 0 Å². The van der Waals surface area contributed by atoms with Crippen molar-refractivity contribution in [1.82, 2.24) is 5.32 Å². The van der Waals surface area contributed by atoms with Crippen LogP contribution in [0.25, 0.3) is 0 Å². The van der Waals surface area contributed by atoms with Crippen LogP contribution in [0.15, 0.2) is 18.2 Å². The van der Waals surface area contributed by atoms with Crippen LogP contribution in [0.3, 0.4) is 0 Å². The fourth-order valence-corrected chi connectivity index (χ4v) is 3.60. The molecule has 1 aromatic carbocycles. The Kier molecular flexibility index (Phi) is 6.49. The average molecular weight is 315 g/mol. The SMILES string of the molecule is COCCNCc1ccc(Cl)cc1N1CCSC(C)C1. The summed E-state index contributed by atoms with van der Waals surface area (Å²) < 4.78 is 5.06. The zero-order valence-corrected chi connectivity index (χ0v) is 13.8. The van der Waals surface area contributed by atoms with Crippen LogP contribution in [-0.4, -0.2) is 44.4 Å². The molecule has 1 atom stereocenters. The Morgan fingerprint density at radius 1 is 1.50 bits per heavy atom. The minimum atomic E-state index is 0.678. The Labute approximate surface area is 131 Å². The molecule has 1 aliphatic rings. The maximum Gasteiger partial charge on any atom is 0.0587 e. The lowest BCUT2D eigenvalue weighted by Crippen LogP contribution is -2.37. The summed E-state index contributed by atoms with van der Waals surface area (Å²) in [7, 11) is 1.72. The van der Waals surface area contributed by atoms with E-state index in [9.17, 15) is 0 Å². The standard InChI is InChI=1S/C15H23ClN2OS/c1-12-11-18(6-8-20-12)15-9-14(16)4-3-13(15)10-17-5-7-19-2/h3-4,9,12,17H,5-8,10-11H2,1-2H3. The van der Waals surface area contributed by atoms with Crippen molar-refractivity contribution >= 4 is 29.1 Å². The second-order valence-electron chi connectivity index (χ2n) is 5.07. The highest BCUT2D eigenvalue weighted by molar-refractivity contribution is 8.00. The Morgan fingerprint density at radius 2 is 2.35 bits per heavy atom. The van der Waals surface area contributed by atoms with E-state index in [0.717, 1.165) is 37.8 Å². The molecule has 112 valence electrons. The normalized spacial score (nSPS) is 19.4. The molecule has 1 unspecified atom stereocenters. The van der Waals surface area contributed by atoms with E-state index in [4.69, 9.17) is 16.3 Å². The molecule has 0 saturated carbocycles. The van der Waals surface area contributed by atoms with Gasteiger partial charge < -0.3 is 15.0 Å². The molecule has 20 heavy (non-hydrogen) atoms. The van der Waals surface area contributed by atoms with Crippen LogP contribution < -0.4 is 10.2 Å². The van der Waals surface area contributed by atoms with Crippen LogP contribution in [0, 0.1) is 0 Å². The number of hydrogen-bond acceptors (Lipinski definition) is 4. The van der Waals surface area contributed by atoms with Crippen molar-refractivity contribution in [2.45, 2.75) is 18.7 Å². The van der Waals surface area contributed by atoms with Crippen LogP contribution in [0.1, 0.15) is 12.5 Å². The van der Waals surface area contributed by atoms with Gasteiger partial charge in [0.1, 0.15) is 0 Å². The van der Waals surface area contributed by atoms with Gasteiger partial charge in [0.15, 0.2) is 0 Å². The lowest BCUT2D eigenvalue weighted by molar-refractivity contribution is 0.199. The third-order valence-corrected chi connectivity index (χ3v) is 4.80. The van der Waals surface area contributed by atoms with E-state index in [-0.39, 0.29) is 0 Å². The fraction of sp³-hybridized carbons (Fsp3) is 0.600. The predicted octanol–water partition coefficient (Wildman–Crippen LogP) is 3.02. The molecule has 0 amide bonds. The Bertz CT molecular complexity index is 430. The van der Waals surface area contributed by atoms with Gasteiger partial charge in [0.25, 0.3) is 0 Å². The van der Waals surface area contributed by atoms with Crippen molar-refractivity contribution in [3.8, 4) is 0 Å². The molecule has 1 N–H and O–H groups in total. The number of ether oxygens (including phenoxy) is 1. The van der Waals surface area contributed by atoms with Gasteiger partial charge >= 0.3 is 0 Å². The van der Waals surface area contributed by atoms with Crippen molar-refractivity contribution in [1.29, 1.82) is 0 Å². The molecule has 1 aliphatic heterocycles. The molecule has 2 rings (SSSR count). The maximum absolute atomic E-state index is 6.18.